The van der Waals surface area contributed by atoms with E-state index in [1.165, 1.54) is 45.2 Å². The first-order valence-corrected chi connectivity index (χ1v) is 6.11. The lowest BCUT2D eigenvalue weighted by Gasteiger charge is -2.36. The van der Waals surface area contributed by atoms with Crippen LogP contribution in [0.3, 0.4) is 0 Å². The van der Waals surface area contributed by atoms with Gasteiger partial charge < -0.3 is 4.90 Å². The molecule has 2 saturated carbocycles. The van der Waals surface area contributed by atoms with Crippen molar-refractivity contribution >= 4 is 5.78 Å². The smallest absolute Gasteiger partial charge is 0.136 e. The molecule has 3 rings (SSSR count). The summed E-state index contributed by atoms with van der Waals surface area (Å²) in [5.41, 5.74) is 0. The van der Waals surface area contributed by atoms with Gasteiger partial charge in [-0.2, -0.15) is 0 Å². The Balaban J connectivity index is 1.67. The van der Waals surface area contributed by atoms with Crippen LogP contribution in [0.2, 0.25) is 0 Å². The van der Waals surface area contributed by atoms with E-state index in [4.69, 9.17) is 0 Å². The van der Waals surface area contributed by atoms with Crippen molar-refractivity contribution in [3.05, 3.63) is 0 Å². The molecule has 0 spiro atoms. The van der Waals surface area contributed by atoms with Crippen molar-refractivity contribution in [2.45, 2.75) is 44.6 Å². The Morgan fingerprint density at radius 3 is 2.43 bits per heavy atom. The number of hydrogen-bond donors (Lipinski definition) is 0. The molecule has 78 valence electrons. The summed E-state index contributed by atoms with van der Waals surface area (Å²) in [6, 6.07) is 0.776. The Morgan fingerprint density at radius 1 is 1.07 bits per heavy atom. The van der Waals surface area contributed by atoms with Crippen molar-refractivity contribution in [2.75, 3.05) is 13.1 Å². The van der Waals surface area contributed by atoms with Gasteiger partial charge in [-0.3, -0.25) is 4.79 Å². The third-order valence-corrected chi connectivity index (χ3v) is 4.44. The summed E-state index contributed by atoms with van der Waals surface area (Å²) in [4.78, 5) is 14.1. The van der Waals surface area contributed by atoms with Crippen molar-refractivity contribution in [3.8, 4) is 0 Å². The van der Waals surface area contributed by atoms with Gasteiger partial charge >= 0.3 is 0 Å². The minimum Gasteiger partial charge on any atom is -0.300 e. The number of hydrogen-bond acceptors (Lipinski definition) is 2. The van der Waals surface area contributed by atoms with Crippen LogP contribution in [0.5, 0.6) is 0 Å². The number of rotatable bonds is 1. The topological polar surface area (TPSA) is 20.3 Å². The molecule has 0 aromatic heterocycles. The molecule has 2 bridgehead atoms. The number of carbonyl (C=O) groups is 1. The molecule has 14 heavy (non-hydrogen) atoms. The molecule has 2 aliphatic carbocycles. The second-order valence-electron chi connectivity index (χ2n) is 5.26. The number of fused-ring (bicyclic) bond motifs is 2. The highest BCUT2D eigenvalue weighted by atomic mass is 16.1. The lowest BCUT2D eigenvalue weighted by Crippen LogP contribution is -2.43. The number of piperidine rings is 1. The molecule has 3 atom stereocenters. The lowest BCUT2D eigenvalue weighted by molar-refractivity contribution is -0.122. The zero-order valence-corrected chi connectivity index (χ0v) is 8.74. The highest BCUT2D eigenvalue weighted by Crippen LogP contribution is 2.44. The molecular formula is C12H19NO. The van der Waals surface area contributed by atoms with Gasteiger partial charge in [0.2, 0.25) is 0 Å². The standard InChI is InChI=1S/C12H19NO/c14-12-8-9-6-10(12)7-11(9)13-4-2-1-3-5-13/h9-11H,1-8H2. The first-order valence-electron chi connectivity index (χ1n) is 6.11. The van der Waals surface area contributed by atoms with Crippen LogP contribution < -0.4 is 0 Å². The van der Waals surface area contributed by atoms with E-state index in [9.17, 15) is 4.79 Å². The van der Waals surface area contributed by atoms with Gasteiger partial charge in [0.25, 0.3) is 0 Å². The summed E-state index contributed by atoms with van der Waals surface area (Å²) in [6.45, 7) is 2.59. The molecular weight excluding hydrogens is 174 g/mol. The first kappa shape index (κ1) is 8.90. The average Bonchev–Trinajstić information content (AvgIpc) is 2.77. The summed E-state index contributed by atoms with van der Waals surface area (Å²) in [5.74, 6) is 1.74. The molecule has 3 aliphatic rings. The number of nitrogens with zero attached hydrogens (tertiary/aromatic N) is 1. The van der Waals surface area contributed by atoms with Crippen LogP contribution in [0.25, 0.3) is 0 Å². The number of carbonyl (C=O) groups excluding carboxylic acids is 1. The molecule has 3 fully saturated rings. The maximum absolute atomic E-state index is 11.4. The van der Waals surface area contributed by atoms with E-state index in [-0.39, 0.29) is 0 Å². The predicted octanol–water partition coefficient (Wildman–Crippen LogP) is 1.84. The predicted molar refractivity (Wildman–Crippen MR) is 55.1 cm³/mol. The van der Waals surface area contributed by atoms with Crippen molar-refractivity contribution in [1.29, 1.82) is 0 Å². The van der Waals surface area contributed by atoms with Crippen molar-refractivity contribution in [2.24, 2.45) is 11.8 Å². The minimum atomic E-state index is 0.451. The van der Waals surface area contributed by atoms with Crippen molar-refractivity contribution in [3.63, 3.8) is 0 Å². The van der Waals surface area contributed by atoms with Crippen LogP contribution in [0.15, 0.2) is 0 Å². The quantitative estimate of drug-likeness (QED) is 0.633. The molecule has 2 nitrogen and oxygen atoms in total. The number of Topliss-reactive ketones (excluding diaryl/α,β-unsaturated/α-hetero) is 1. The van der Waals surface area contributed by atoms with E-state index in [1.54, 1.807) is 0 Å². The third kappa shape index (κ3) is 1.31. The fourth-order valence-corrected chi connectivity index (χ4v) is 3.71. The molecule has 0 amide bonds. The van der Waals surface area contributed by atoms with E-state index in [1.807, 2.05) is 0 Å². The van der Waals surface area contributed by atoms with Crippen LogP contribution in [0.4, 0.5) is 0 Å². The van der Waals surface area contributed by atoms with Crippen LogP contribution in [0, 0.1) is 11.8 Å². The van der Waals surface area contributed by atoms with Crippen LogP contribution in [0.1, 0.15) is 38.5 Å². The lowest BCUT2D eigenvalue weighted by atomic mass is 9.92. The van der Waals surface area contributed by atoms with Gasteiger partial charge in [0, 0.05) is 18.4 Å². The fourth-order valence-electron chi connectivity index (χ4n) is 3.71. The van der Waals surface area contributed by atoms with Crippen LogP contribution >= 0.6 is 0 Å². The van der Waals surface area contributed by atoms with Gasteiger partial charge in [-0.05, 0) is 44.7 Å². The zero-order chi connectivity index (χ0) is 9.54. The third-order valence-electron chi connectivity index (χ3n) is 4.44. The second kappa shape index (κ2) is 3.34. The number of likely N-dealkylation sites (tertiary alicyclic amines) is 1. The highest BCUT2D eigenvalue weighted by molar-refractivity contribution is 5.84. The Hall–Kier alpha value is -0.370. The van der Waals surface area contributed by atoms with E-state index < -0.39 is 0 Å². The zero-order valence-electron chi connectivity index (χ0n) is 8.74. The molecule has 1 saturated heterocycles. The van der Waals surface area contributed by atoms with Crippen molar-refractivity contribution in [1.82, 2.24) is 4.90 Å². The van der Waals surface area contributed by atoms with Gasteiger partial charge in [-0.15, -0.1) is 0 Å². The van der Waals surface area contributed by atoms with Crippen molar-refractivity contribution < 1.29 is 4.79 Å². The fraction of sp³-hybridized carbons (Fsp3) is 0.917. The molecule has 2 heteroatoms. The molecule has 0 aromatic rings. The SMILES string of the molecule is O=C1CC2CC1CC2N1CCCCC1. The largest absolute Gasteiger partial charge is 0.300 e. The maximum Gasteiger partial charge on any atom is 0.136 e. The molecule has 1 heterocycles. The average molecular weight is 193 g/mol. The van der Waals surface area contributed by atoms with Crippen LogP contribution in [-0.4, -0.2) is 29.8 Å². The monoisotopic (exact) mass is 193 g/mol. The Labute approximate surface area is 85.7 Å². The normalized spacial score (nSPS) is 43.4. The molecule has 0 aromatic carbocycles. The maximum atomic E-state index is 11.4. The summed E-state index contributed by atoms with van der Waals surface area (Å²) in [7, 11) is 0. The van der Waals surface area contributed by atoms with Gasteiger partial charge in [-0.1, -0.05) is 6.42 Å². The summed E-state index contributed by atoms with van der Waals surface area (Å²) in [6.07, 6.45) is 7.45. The van der Waals surface area contributed by atoms with Crippen LogP contribution in [-0.2, 0) is 4.79 Å². The Bertz CT molecular complexity index is 245. The second-order valence-corrected chi connectivity index (χ2v) is 5.26. The van der Waals surface area contributed by atoms with E-state index in [0.717, 1.165) is 18.4 Å². The van der Waals surface area contributed by atoms with Gasteiger partial charge in [0.1, 0.15) is 5.78 Å². The summed E-state index contributed by atoms with van der Waals surface area (Å²) >= 11 is 0. The van der Waals surface area contributed by atoms with Gasteiger partial charge in [0.15, 0.2) is 0 Å². The number of ketones is 1. The van der Waals surface area contributed by atoms with E-state index in [0.29, 0.717) is 11.7 Å². The molecule has 1 aliphatic heterocycles. The molecule has 0 N–H and O–H groups in total. The summed E-state index contributed by atoms with van der Waals surface area (Å²) < 4.78 is 0. The molecule has 0 radical (unpaired) electrons. The van der Waals surface area contributed by atoms with E-state index in [2.05, 4.69) is 4.90 Å². The van der Waals surface area contributed by atoms with E-state index >= 15 is 0 Å². The Kier molecular flexibility index (Phi) is 2.12. The molecule has 3 unspecified atom stereocenters. The van der Waals surface area contributed by atoms with Gasteiger partial charge in [0.05, 0.1) is 0 Å². The summed E-state index contributed by atoms with van der Waals surface area (Å²) in [5, 5.41) is 0. The minimum absolute atomic E-state index is 0.451. The first-order chi connectivity index (χ1) is 6.84. The Morgan fingerprint density at radius 2 is 1.86 bits per heavy atom. The highest BCUT2D eigenvalue weighted by Gasteiger charge is 2.47. The van der Waals surface area contributed by atoms with Gasteiger partial charge in [-0.25, -0.2) is 0 Å².